The van der Waals surface area contributed by atoms with Crippen LogP contribution in [-0.4, -0.2) is 50.0 Å². The number of sulfonamides is 1. The predicted molar refractivity (Wildman–Crippen MR) is 136 cm³/mol. The molecule has 0 saturated heterocycles. The molecule has 0 saturated carbocycles. The fourth-order valence-electron chi connectivity index (χ4n) is 3.10. The van der Waals surface area contributed by atoms with Gasteiger partial charge in [-0.1, -0.05) is 46.6 Å². The summed E-state index contributed by atoms with van der Waals surface area (Å²) in [5, 5.41) is 3.39. The van der Waals surface area contributed by atoms with Gasteiger partial charge >= 0.3 is 0 Å². The normalized spacial score (nSPS) is 13.2. The highest BCUT2D eigenvalue weighted by Crippen LogP contribution is 2.22. The van der Waals surface area contributed by atoms with Crippen LogP contribution in [0.1, 0.15) is 32.8 Å². The number of carbonyl (C=O) groups excluding carboxylic acids is 2. The van der Waals surface area contributed by atoms with Gasteiger partial charge in [-0.2, -0.15) is 0 Å². The summed E-state index contributed by atoms with van der Waals surface area (Å²) in [6, 6.07) is 12.7. The molecule has 180 valence electrons. The lowest BCUT2D eigenvalue weighted by Crippen LogP contribution is -2.52. The smallest absolute Gasteiger partial charge is 0.244 e. The molecule has 2 rings (SSSR count). The molecular weight excluding hydrogens is 530 g/mol. The number of hydrogen-bond acceptors (Lipinski definition) is 4. The average Bonchev–Trinajstić information content (AvgIpc) is 2.75. The van der Waals surface area contributed by atoms with E-state index in [2.05, 4.69) is 21.2 Å². The first-order valence-corrected chi connectivity index (χ1v) is 13.5. The van der Waals surface area contributed by atoms with E-state index in [9.17, 15) is 18.0 Å². The quantitative estimate of drug-likeness (QED) is 0.474. The van der Waals surface area contributed by atoms with Crippen molar-refractivity contribution in [2.75, 3.05) is 17.1 Å². The Morgan fingerprint density at radius 1 is 1.12 bits per heavy atom. The maximum absolute atomic E-state index is 13.4. The molecule has 10 heteroatoms. The van der Waals surface area contributed by atoms with Gasteiger partial charge in [0.2, 0.25) is 21.8 Å². The molecule has 1 N–H and O–H groups in total. The van der Waals surface area contributed by atoms with Crippen LogP contribution in [0.5, 0.6) is 0 Å². The Labute approximate surface area is 209 Å². The second-order valence-corrected chi connectivity index (χ2v) is 11.2. The largest absolute Gasteiger partial charge is 0.352 e. The zero-order valence-electron chi connectivity index (χ0n) is 19.1. The van der Waals surface area contributed by atoms with E-state index in [0.29, 0.717) is 10.7 Å². The van der Waals surface area contributed by atoms with Crippen LogP contribution in [0.4, 0.5) is 5.69 Å². The van der Waals surface area contributed by atoms with Gasteiger partial charge in [0.1, 0.15) is 12.6 Å². The summed E-state index contributed by atoms with van der Waals surface area (Å²) < 4.78 is 26.8. The Bertz CT molecular complexity index is 1080. The molecule has 2 aromatic carbocycles. The first-order valence-electron chi connectivity index (χ1n) is 10.5. The zero-order chi connectivity index (χ0) is 24.8. The van der Waals surface area contributed by atoms with Crippen molar-refractivity contribution in [3.63, 3.8) is 0 Å². The molecule has 0 aromatic heterocycles. The van der Waals surface area contributed by atoms with Crippen molar-refractivity contribution in [2.45, 2.75) is 45.8 Å². The van der Waals surface area contributed by atoms with Crippen LogP contribution in [0, 0.1) is 0 Å². The Hall–Kier alpha value is -2.10. The van der Waals surface area contributed by atoms with E-state index >= 15 is 0 Å². The third kappa shape index (κ3) is 8.01. The highest BCUT2D eigenvalue weighted by molar-refractivity contribution is 9.10. The van der Waals surface area contributed by atoms with Gasteiger partial charge in [0.25, 0.3) is 0 Å². The lowest BCUT2D eigenvalue weighted by molar-refractivity contribution is -0.139. The maximum atomic E-state index is 13.4. The summed E-state index contributed by atoms with van der Waals surface area (Å²) in [4.78, 5) is 27.6. The fourth-order valence-corrected chi connectivity index (χ4v) is 4.43. The number of anilines is 1. The molecular formula is C23H29BrClN3O4S. The molecule has 0 spiro atoms. The molecule has 0 unspecified atom stereocenters. The van der Waals surface area contributed by atoms with Crippen molar-refractivity contribution in [1.82, 2.24) is 10.2 Å². The molecule has 33 heavy (non-hydrogen) atoms. The Kier molecular flexibility index (Phi) is 9.75. The van der Waals surface area contributed by atoms with Crippen molar-refractivity contribution >= 4 is 55.1 Å². The second kappa shape index (κ2) is 11.9. The topological polar surface area (TPSA) is 86.8 Å². The number of benzene rings is 2. The molecule has 2 aromatic rings. The van der Waals surface area contributed by atoms with Crippen LogP contribution in [0.15, 0.2) is 53.0 Å². The van der Waals surface area contributed by atoms with Crippen LogP contribution in [-0.2, 0) is 26.2 Å². The van der Waals surface area contributed by atoms with Crippen LogP contribution >= 0.6 is 27.5 Å². The first kappa shape index (κ1) is 27.1. The van der Waals surface area contributed by atoms with Gasteiger partial charge in [-0.15, -0.1) is 0 Å². The van der Waals surface area contributed by atoms with E-state index in [4.69, 9.17) is 11.6 Å². The highest BCUT2D eigenvalue weighted by Gasteiger charge is 2.30. The summed E-state index contributed by atoms with van der Waals surface area (Å²) in [5.41, 5.74) is 1.09. The standard InChI is InChI=1S/C23H29BrClN3O4S/c1-5-16(2)26-23(30)17(3)27(14-18-7-6-8-20(25)13-18)22(29)15-28(33(4,31)32)21-11-9-19(24)10-12-21/h6-13,16-17H,5,14-15H2,1-4H3,(H,26,30)/t16-,17-/m1/s1. The van der Waals surface area contributed by atoms with Gasteiger partial charge < -0.3 is 10.2 Å². The zero-order valence-corrected chi connectivity index (χ0v) is 22.2. The van der Waals surface area contributed by atoms with E-state index in [1.54, 1.807) is 55.5 Å². The summed E-state index contributed by atoms with van der Waals surface area (Å²) in [7, 11) is -3.76. The molecule has 0 radical (unpaired) electrons. The molecule has 7 nitrogen and oxygen atoms in total. The molecule has 0 aliphatic rings. The van der Waals surface area contributed by atoms with E-state index in [-0.39, 0.29) is 18.5 Å². The molecule has 2 amide bonds. The fraction of sp³-hybridized carbons (Fsp3) is 0.391. The van der Waals surface area contributed by atoms with Crippen molar-refractivity contribution in [3.8, 4) is 0 Å². The van der Waals surface area contributed by atoms with Crippen LogP contribution in [0.2, 0.25) is 5.02 Å². The summed E-state index contributed by atoms with van der Waals surface area (Å²) >= 11 is 9.42. The highest BCUT2D eigenvalue weighted by atomic mass is 79.9. The monoisotopic (exact) mass is 557 g/mol. The maximum Gasteiger partial charge on any atom is 0.244 e. The van der Waals surface area contributed by atoms with Crippen LogP contribution in [0.25, 0.3) is 0 Å². The number of nitrogens with zero attached hydrogens (tertiary/aromatic N) is 2. The first-order chi connectivity index (χ1) is 15.4. The number of nitrogens with one attached hydrogen (secondary N) is 1. The Balaban J connectivity index is 2.37. The van der Waals surface area contributed by atoms with E-state index in [0.717, 1.165) is 27.0 Å². The average molecular weight is 559 g/mol. The lowest BCUT2D eigenvalue weighted by Gasteiger charge is -2.32. The summed E-state index contributed by atoms with van der Waals surface area (Å²) in [6.07, 6.45) is 1.79. The van der Waals surface area contributed by atoms with Gasteiger partial charge in [-0.25, -0.2) is 8.42 Å². The summed E-state index contributed by atoms with van der Waals surface area (Å²) in [6.45, 7) is 5.12. The number of carbonyl (C=O) groups is 2. The predicted octanol–water partition coefficient (Wildman–Crippen LogP) is 4.20. The number of rotatable bonds is 10. The summed E-state index contributed by atoms with van der Waals surface area (Å²) in [5.74, 6) is -0.815. The number of amides is 2. The van der Waals surface area contributed by atoms with Gasteiger partial charge in [0.05, 0.1) is 11.9 Å². The molecule has 0 bridgehead atoms. The minimum Gasteiger partial charge on any atom is -0.352 e. The molecule has 0 aliphatic carbocycles. The minimum absolute atomic E-state index is 0.0571. The Morgan fingerprint density at radius 2 is 1.76 bits per heavy atom. The van der Waals surface area contributed by atoms with E-state index in [1.165, 1.54) is 4.90 Å². The number of hydrogen-bond donors (Lipinski definition) is 1. The second-order valence-electron chi connectivity index (χ2n) is 7.89. The van der Waals surface area contributed by atoms with Crippen molar-refractivity contribution in [3.05, 3.63) is 63.6 Å². The van der Waals surface area contributed by atoms with Gasteiger partial charge in [-0.3, -0.25) is 13.9 Å². The molecule has 2 atom stereocenters. The van der Waals surface area contributed by atoms with Crippen LogP contribution < -0.4 is 9.62 Å². The van der Waals surface area contributed by atoms with Crippen LogP contribution in [0.3, 0.4) is 0 Å². The van der Waals surface area contributed by atoms with E-state index in [1.807, 2.05) is 13.8 Å². The van der Waals surface area contributed by atoms with Gasteiger partial charge in [0, 0.05) is 22.1 Å². The van der Waals surface area contributed by atoms with Crippen molar-refractivity contribution in [1.29, 1.82) is 0 Å². The van der Waals surface area contributed by atoms with Gasteiger partial charge in [0.15, 0.2) is 0 Å². The molecule has 0 fully saturated rings. The van der Waals surface area contributed by atoms with E-state index < -0.39 is 28.5 Å². The Morgan fingerprint density at radius 3 is 2.30 bits per heavy atom. The van der Waals surface area contributed by atoms with Gasteiger partial charge in [-0.05, 0) is 62.2 Å². The SMILES string of the molecule is CC[C@@H](C)NC(=O)[C@@H](C)N(Cc1cccc(Cl)c1)C(=O)CN(c1ccc(Br)cc1)S(C)(=O)=O. The third-order valence-electron chi connectivity index (χ3n) is 5.20. The molecule has 0 heterocycles. The lowest BCUT2D eigenvalue weighted by atomic mass is 10.1. The number of halogens is 2. The molecule has 0 aliphatic heterocycles. The third-order valence-corrected chi connectivity index (χ3v) is 7.11. The van der Waals surface area contributed by atoms with Crippen molar-refractivity contribution < 1.29 is 18.0 Å². The minimum atomic E-state index is -3.76. The van der Waals surface area contributed by atoms with Crippen molar-refractivity contribution in [2.24, 2.45) is 0 Å².